The topological polar surface area (TPSA) is 59.4 Å². The van der Waals surface area contributed by atoms with Crippen molar-refractivity contribution in [1.29, 1.82) is 0 Å². The molecular formula is C23H22ClNO3. The van der Waals surface area contributed by atoms with Crippen LogP contribution in [-0.4, -0.2) is 22.7 Å². The zero-order valence-electron chi connectivity index (χ0n) is 15.9. The number of rotatable bonds is 7. The molecule has 0 fully saturated rings. The molecular weight excluding hydrogens is 374 g/mol. The zero-order chi connectivity index (χ0) is 20.1. The lowest BCUT2D eigenvalue weighted by Gasteiger charge is -2.13. The van der Waals surface area contributed by atoms with Gasteiger partial charge in [-0.2, -0.15) is 0 Å². The van der Waals surface area contributed by atoms with E-state index in [1.54, 1.807) is 24.3 Å². The highest BCUT2D eigenvalue weighted by Crippen LogP contribution is 2.32. The number of aromatic carboxylic acids is 1. The fraction of sp³-hybridized carbons (Fsp3) is 0.217. The van der Waals surface area contributed by atoms with Crippen molar-refractivity contribution < 1.29 is 14.6 Å². The number of halogens is 1. The Labute approximate surface area is 169 Å². The Balaban J connectivity index is 1.95. The highest BCUT2D eigenvalue weighted by Gasteiger charge is 2.15. The second-order valence-corrected chi connectivity index (χ2v) is 6.99. The minimum atomic E-state index is -0.973. The van der Waals surface area contributed by atoms with Crippen LogP contribution in [0.15, 0.2) is 54.6 Å². The number of ether oxygens (including phenoxy) is 1. The summed E-state index contributed by atoms with van der Waals surface area (Å²) in [6.45, 7) is 4.44. The van der Waals surface area contributed by atoms with E-state index in [0.29, 0.717) is 35.2 Å². The van der Waals surface area contributed by atoms with E-state index in [2.05, 4.69) is 29.2 Å². The average molecular weight is 396 g/mol. The van der Waals surface area contributed by atoms with Gasteiger partial charge in [0.15, 0.2) is 0 Å². The van der Waals surface area contributed by atoms with Crippen molar-refractivity contribution in [2.24, 2.45) is 0 Å². The van der Waals surface area contributed by atoms with Crippen LogP contribution < -0.4 is 4.74 Å². The van der Waals surface area contributed by atoms with Gasteiger partial charge in [0, 0.05) is 10.6 Å². The molecule has 4 nitrogen and oxygen atoms in total. The first-order chi connectivity index (χ1) is 13.5. The molecule has 1 heterocycles. The van der Waals surface area contributed by atoms with Crippen LogP contribution in [0.4, 0.5) is 0 Å². The molecule has 0 unspecified atom stereocenters. The first-order valence-electron chi connectivity index (χ1n) is 9.19. The Morgan fingerprint density at radius 1 is 1.07 bits per heavy atom. The third-order valence-corrected chi connectivity index (χ3v) is 4.73. The largest absolute Gasteiger partial charge is 0.493 e. The maximum Gasteiger partial charge on any atom is 0.337 e. The second-order valence-electron chi connectivity index (χ2n) is 6.55. The number of hydrogen-bond acceptors (Lipinski definition) is 3. The van der Waals surface area contributed by atoms with Crippen molar-refractivity contribution in [3.05, 3.63) is 82.0 Å². The van der Waals surface area contributed by atoms with E-state index in [1.807, 2.05) is 19.9 Å². The monoisotopic (exact) mass is 395 g/mol. The third-order valence-electron chi connectivity index (χ3n) is 4.50. The van der Waals surface area contributed by atoms with E-state index in [9.17, 15) is 9.90 Å². The molecule has 0 spiro atoms. The number of carboxylic acid groups (broad SMARTS) is 1. The number of aromatic nitrogens is 1. The van der Waals surface area contributed by atoms with Crippen LogP contribution >= 0.6 is 11.6 Å². The van der Waals surface area contributed by atoms with Crippen molar-refractivity contribution in [2.75, 3.05) is 6.61 Å². The first kappa shape index (κ1) is 19.9. The molecule has 0 aliphatic carbocycles. The molecule has 5 heteroatoms. The Bertz CT molecular complexity index is 984. The van der Waals surface area contributed by atoms with E-state index in [0.717, 1.165) is 17.5 Å². The summed E-state index contributed by atoms with van der Waals surface area (Å²) in [5, 5.41) is 10.1. The van der Waals surface area contributed by atoms with Gasteiger partial charge in [0.1, 0.15) is 5.75 Å². The molecule has 2 aromatic carbocycles. The lowest BCUT2D eigenvalue weighted by molar-refractivity contribution is 0.0695. The summed E-state index contributed by atoms with van der Waals surface area (Å²) in [4.78, 5) is 16.3. The molecule has 144 valence electrons. The average Bonchev–Trinajstić information content (AvgIpc) is 2.67. The predicted octanol–water partition coefficient (Wildman–Crippen LogP) is 5.59. The molecule has 1 aromatic heterocycles. The highest BCUT2D eigenvalue weighted by atomic mass is 35.5. The molecule has 0 aliphatic heterocycles. The lowest BCUT2D eigenvalue weighted by Crippen LogP contribution is -2.07. The molecule has 1 N–H and O–H groups in total. The van der Waals surface area contributed by atoms with Gasteiger partial charge >= 0.3 is 5.97 Å². The molecule has 0 saturated carbocycles. The first-order valence-corrected chi connectivity index (χ1v) is 9.57. The van der Waals surface area contributed by atoms with E-state index < -0.39 is 5.97 Å². The van der Waals surface area contributed by atoms with Gasteiger partial charge in [0.05, 0.1) is 23.6 Å². The summed E-state index contributed by atoms with van der Waals surface area (Å²) < 4.78 is 5.69. The molecule has 0 atom stereocenters. The van der Waals surface area contributed by atoms with E-state index in [-0.39, 0.29) is 5.56 Å². The molecule has 0 aliphatic rings. The standard InChI is InChI=1S/C23H22ClNO3/c1-3-28-22-14-17(24)9-10-18(22)20-13-11-19(23(26)27)21(25-20)12-8-16-6-4-15(2)5-7-16/h4-7,9-11,13-14H,3,8,12H2,1-2H3,(H,26,27). The molecule has 0 saturated heterocycles. The van der Waals surface area contributed by atoms with Crippen LogP contribution in [0.25, 0.3) is 11.3 Å². The van der Waals surface area contributed by atoms with E-state index in [4.69, 9.17) is 16.3 Å². The predicted molar refractivity (Wildman–Crippen MR) is 111 cm³/mol. The summed E-state index contributed by atoms with van der Waals surface area (Å²) in [7, 11) is 0. The van der Waals surface area contributed by atoms with Gasteiger partial charge in [0.2, 0.25) is 0 Å². The summed E-state index contributed by atoms with van der Waals surface area (Å²) >= 11 is 6.09. The second kappa shape index (κ2) is 8.89. The van der Waals surface area contributed by atoms with Gasteiger partial charge in [0.25, 0.3) is 0 Å². The fourth-order valence-electron chi connectivity index (χ4n) is 3.04. The van der Waals surface area contributed by atoms with Gasteiger partial charge < -0.3 is 9.84 Å². The Hall–Kier alpha value is -2.85. The number of aryl methyl sites for hydroxylation is 3. The molecule has 3 aromatic rings. The van der Waals surface area contributed by atoms with Gasteiger partial charge in [-0.1, -0.05) is 41.4 Å². The van der Waals surface area contributed by atoms with Gasteiger partial charge in [-0.25, -0.2) is 4.79 Å². The molecule has 28 heavy (non-hydrogen) atoms. The Morgan fingerprint density at radius 2 is 1.82 bits per heavy atom. The Morgan fingerprint density at radius 3 is 2.50 bits per heavy atom. The van der Waals surface area contributed by atoms with Crippen LogP contribution in [0, 0.1) is 6.92 Å². The van der Waals surface area contributed by atoms with Crippen molar-refractivity contribution >= 4 is 17.6 Å². The lowest BCUT2D eigenvalue weighted by atomic mass is 10.0. The SMILES string of the molecule is CCOc1cc(Cl)ccc1-c1ccc(C(=O)O)c(CCc2ccc(C)cc2)n1. The minimum absolute atomic E-state index is 0.225. The number of pyridine rings is 1. The van der Waals surface area contributed by atoms with Gasteiger partial charge in [-0.05, 0) is 62.6 Å². The summed E-state index contributed by atoms with van der Waals surface area (Å²) in [5.41, 5.74) is 4.59. The van der Waals surface area contributed by atoms with E-state index in [1.165, 1.54) is 5.56 Å². The number of nitrogens with zero attached hydrogens (tertiary/aromatic N) is 1. The van der Waals surface area contributed by atoms with Crippen molar-refractivity contribution in [3.8, 4) is 17.0 Å². The van der Waals surface area contributed by atoms with Crippen molar-refractivity contribution in [1.82, 2.24) is 4.98 Å². The van der Waals surface area contributed by atoms with Crippen molar-refractivity contribution in [3.63, 3.8) is 0 Å². The van der Waals surface area contributed by atoms with Crippen molar-refractivity contribution in [2.45, 2.75) is 26.7 Å². The minimum Gasteiger partial charge on any atom is -0.493 e. The number of carboxylic acids is 1. The smallest absolute Gasteiger partial charge is 0.337 e. The van der Waals surface area contributed by atoms with E-state index >= 15 is 0 Å². The quantitative estimate of drug-likeness (QED) is 0.566. The Kier molecular flexibility index (Phi) is 6.32. The molecule has 0 amide bonds. The van der Waals surface area contributed by atoms with Gasteiger partial charge in [-0.15, -0.1) is 0 Å². The van der Waals surface area contributed by atoms with Crippen LogP contribution in [0.2, 0.25) is 5.02 Å². The van der Waals surface area contributed by atoms with Crippen LogP contribution in [0.1, 0.15) is 34.1 Å². The van der Waals surface area contributed by atoms with Crippen LogP contribution in [0.3, 0.4) is 0 Å². The number of hydrogen-bond donors (Lipinski definition) is 1. The fourth-order valence-corrected chi connectivity index (χ4v) is 3.20. The summed E-state index contributed by atoms with van der Waals surface area (Å²) in [6, 6.07) is 16.9. The van der Waals surface area contributed by atoms with Crippen LogP contribution in [-0.2, 0) is 12.8 Å². The highest BCUT2D eigenvalue weighted by molar-refractivity contribution is 6.30. The molecule has 0 radical (unpaired) electrons. The third kappa shape index (κ3) is 4.70. The molecule has 0 bridgehead atoms. The van der Waals surface area contributed by atoms with Crippen LogP contribution in [0.5, 0.6) is 5.75 Å². The van der Waals surface area contributed by atoms with Gasteiger partial charge in [-0.3, -0.25) is 4.98 Å². The maximum atomic E-state index is 11.7. The normalized spacial score (nSPS) is 10.7. The maximum absolute atomic E-state index is 11.7. The summed E-state index contributed by atoms with van der Waals surface area (Å²) in [5.74, 6) is -0.339. The summed E-state index contributed by atoms with van der Waals surface area (Å²) in [6.07, 6.45) is 1.26. The zero-order valence-corrected chi connectivity index (χ0v) is 16.7. The number of benzene rings is 2. The molecule has 3 rings (SSSR count). The number of carbonyl (C=O) groups is 1.